The lowest BCUT2D eigenvalue weighted by molar-refractivity contribution is -0.160. The van der Waals surface area contributed by atoms with E-state index in [0.717, 1.165) is 25.7 Å². The van der Waals surface area contributed by atoms with Crippen LogP contribution in [0, 0.1) is 28.6 Å². The van der Waals surface area contributed by atoms with Gasteiger partial charge < -0.3 is 9.47 Å². The van der Waals surface area contributed by atoms with Crippen LogP contribution in [-0.2, 0) is 4.79 Å². The van der Waals surface area contributed by atoms with Crippen molar-refractivity contribution in [3.05, 3.63) is 23.8 Å². The topological polar surface area (TPSA) is 59.3 Å². The molecule has 4 nitrogen and oxygen atoms in total. The molecule has 0 aliphatic heterocycles. The number of hydrogen-bond donors (Lipinski definition) is 0. The number of halogens is 1. The smallest absolute Gasteiger partial charge is 0.317 e. The predicted octanol–water partition coefficient (Wildman–Crippen LogP) is 4.05. The summed E-state index contributed by atoms with van der Waals surface area (Å²) in [5, 5.41) is 8.98. The Morgan fingerprint density at radius 2 is 1.96 bits per heavy atom. The van der Waals surface area contributed by atoms with Crippen molar-refractivity contribution >= 4 is 17.6 Å². The van der Waals surface area contributed by atoms with Gasteiger partial charge in [0.25, 0.3) is 0 Å². The minimum Gasteiger partial charge on any atom is -0.493 e. The van der Waals surface area contributed by atoms with Crippen molar-refractivity contribution in [1.82, 2.24) is 0 Å². The van der Waals surface area contributed by atoms with E-state index < -0.39 is 5.41 Å². The number of alkyl halides is 1. The van der Waals surface area contributed by atoms with Gasteiger partial charge in [-0.1, -0.05) is 0 Å². The van der Waals surface area contributed by atoms with Crippen molar-refractivity contribution in [2.45, 2.75) is 43.4 Å². The molecule has 0 heterocycles. The average molecular weight is 346 g/mol. The molecule has 0 N–H and O–H groups in total. The van der Waals surface area contributed by atoms with Crippen molar-refractivity contribution in [1.29, 1.82) is 5.26 Å². The normalized spacial score (nSPS) is 36.2. The number of ether oxygens (including phenoxy) is 2. The Balaban J connectivity index is 1.60. The molecule has 4 fully saturated rings. The number of rotatable bonds is 3. The van der Waals surface area contributed by atoms with E-state index in [9.17, 15) is 4.79 Å². The van der Waals surface area contributed by atoms with Crippen LogP contribution in [0.1, 0.15) is 44.1 Å². The van der Waals surface area contributed by atoms with Crippen LogP contribution in [-0.4, -0.2) is 18.0 Å². The highest BCUT2D eigenvalue weighted by Crippen LogP contribution is 2.64. The minimum absolute atomic E-state index is 0.190. The van der Waals surface area contributed by atoms with Crippen molar-refractivity contribution in [3.8, 4) is 17.6 Å². The second-order valence-corrected chi connectivity index (χ2v) is 8.56. The van der Waals surface area contributed by atoms with Crippen LogP contribution in [0.15, 0.2) is 18.2 Å². The van der Waals surface area contributed by atoms with Gasteiger partial charge in [-0.2, -0.15) is 5.26 Å². The van der Waals surface area contributed by atoms with Crippen molar-refractivity contribution in [3.63, 3.8) is 0 Å². The summed E-state index contributed by atoms with van der Waals surface area (Å²) in [4.78, 5) is 12.8. The van der Waals surface area contributed by atoms with Gasteiger partial charge >= 0.3 is 5.97 Å². The first kappa shape index (κ1) is 15.8. The summed E-state index contributed by atoms with van der Waals surface area (Å²) >= 11 is 6.80. The van der Waals surface area contributed by atoms with Crippen molar-refractivity contribution in [2.24, 2.45) is 17.3 Å². The average Bonchev–Trinajstić information content (AvgIpc) is 2.52. The van der Waals surface area contributed by atoms with Gasteiger partial charge in [-0.05, 0) is 62.5 Å². The van der Waals surface area contributed by atoms with Gasteiger partial charge in [0.1, 0.15) is 0 Å². The second-order valence-electron chi connectivity index (χ2n) is 7.76. The molecule has 0 saturated heterocycles. The fraction of sp³-hybridized carbons (Fsp3) is 0.579. The molecule has 1 aromatic carbocycles. The molecule has 24 heavy (non-hydrogen) atoms. The first-order valence-corrected chi connectivity index (χ1v) is 8.82. The van der Waals surface area contributed by atoms with Gasteiger partial charge in [0.05, 0.1) is 24.2 Å². The van der Waals surface area contributed by atoms with E-state index in [2.05, 4.69) is 6.07 Å². The molecule has 1 aromatic rings. The lowest BCUT2D eigenvalue weighted by atomic mass is 9.49. The molecule has 0 unspecified atom stereocenters. The Morgan fingerprint density at radius 1 is 1.25 bits per heavy atom. The van der Waals surface area contributed by atoms with Gasteiger partial charge in [-0.15, -0.1) is 11.6 Å². The minimum atomic E-state index is -0.454. The van der Waals surface area contributed by atoms with E-state index in [1.165, 1.54) is 13.5 Å². The maximum Gasteiger partial charge on any atom is 0.317 e. The summed E-state index contributed by atoms with van der Waals surface area (Å²) < 4.78 is 11.0. The molecule has 4 saturated carbocycles. The zero-order valence-electron chi connectivity index (χ0n) is 13.7. The van der Waals surface area contributed by atoms with Crippen LogP contribution >= 0.6 is 11.6 Å². The Morgan fingerprint density at radius 3 is 2.54 bits per heavy atom. The molecule has 2 atom stereocenters. The quantitative estimate of drug-likeness (QED) is 0.471. The largest absolute Gasteiger partial charge is 0.493 e. The van der Waals surface area contributed by atoms with Gasteiger partial charge in [0, 0.05) is 10.9 Å². The van der Waals surface area contributed by atoms with E-state index >= 15 is 0 Å². The van der Waals surface area contributed by atoms with Crippen LogP contribution in [0.4, 0.5) is 0 Å². The fourth-order valence-corrected chi connectivity index (χ4v) is 6.11. The highest BCUT2D eigenvalue weighted by atomic mass is 35.5. The SMILES string of the molecule is COc1cc(C#N)ccc1OC(=O)C12C[C@H]3C[C@@H](CC(Cl)(C3)C1)C2. The van der Waals surface area contributed by atoms with Gasteiger partial charge in [-0.25, -0.2) is 0 Å². The summed E-state index contributed by atoms with van der Waals surface area (Å²) in [5.74, 6) is 1.68. The molecule has 0 radical (unpaired) electrons. The summed E-state index contributed by atoms with van der Waals surface area (Å²) in [5.41, 5.74) is 0.0197. The summed E-state index contributed by atoms with van der Waals surface area (Å²) in [6, 6.07) is 6.91. The Hall–Kier alpha value is -1.73. The third-order valence-corrected chi connectivity index (χ3v) is 6.36. The van der Waals surface area contributed by atoms with E-state index in [-0.39, 0.29) is 10.8 Å². The Bertz CT molecular complexity index is 725. The summed E-state index contributed by atoms with van der Waals surface area (Å²) in [6.07, 6.45) is 5.74. The molecular weight excluding hydrogens is 326 g/mol. The second kappa shape index (κ2) is 5.39. The molecule has 0 aromatic heterocycles. The fourth-order valence-electron chi connectivity index (χ4n) is 5.42. The van der Waals surface area contributed by atoms with Crippen LogP contribution in [0.5, 0.6) is 11.5 Å². The zero-order chi connectivity index (χ0) is 16.9. The first-order valence-electron chi connectivity index (χ1n) is 8.45. The van der Waals surface area contributed by atoms with E-state index in [0.29, 0.717) is 35.3 Å². The number of hydrogen-bond acceptors (Lipinski definition) is 4. The molecule has 4 aliphatic carbocycles. The number of methoxy groups -OCH3 is 1. The number of benzene rings is 1. The number of carbonyl (C=O) groups excluding carboxylic acids is 1. The third kappa shape index (κ3) is 2.46. The lowest BCUT2D eigenvalue weighted by Gasteiger charge is -2.58. The van der Waals surface area contributed by atoms with Crippen LogP contribution in [0.25, 0.3) is 0 Å². The van der Waals surface area contributed by atoms with Crippen LogP contribution in [0.3, 0.4) is 0 Å². The highest BCUT2D eigenvalue weighted by Gasteiger charge is 2.61. The molecule has 4 aliphatic rings. The van der Waals surface area contributed by atoms with Crippen LogP contribution in [0.2, 0.25) is 0 Å². The molecular formula is C19H20ClNO3. The van der Waals surface area contributed by atoms with E-state index in [1.54, 1.807) is 18.2 Å². The molecule has 5 heteroatoms. The van der Waals surface area contributed by atoms with Crippen molar-refractivity contribution in [2.75, 3.05) is 7.11 Å². The maximum absolute atomic E-state index is 13.0. The zero-order valence-corrected chi connectivity index (χ0v) is 14.4. The maximum atomic E-state index is 13.0. The van der Waals surface area contributed by atoms with Gasteiger partial charge in [-0.3, -0.25) is 4.79 Å². The van der Waals surface area contributed by atoms with Gasteiger partial charge in [0.2, 0.25) is 0 Å². The van der Waals surface area contributed by atoms with Gasteiger partial charge in [0.15, 0.2) is 11.5 Å². The van der Waals surface area contributed by atoms with Crippen molar-refractivity contribution < 1.29 is 14.3 Å². The Kier molecular flexibility index (Phi) is 3.54. The molecule has 126 valence electrons. The molecule has 0 spiro atoms. The third-order valence-electron chi connectivity index (χ3n) is 5.92. The summed E-state index contributed by atoms with van der Waals surface area (Å²) in [7, 11) is 1.51. The standard InChI is InChI=1S/C19H20ClNO3/c1-23-16-5-12(10-21)2-3-15(16)24-17(22)18-6-13-4-14(7-18)9-19(20,8-13)11-18/h2-3,5,13-14H,4,6-9,11H2,1H3/t13-,14-,18?,19?/m1/s1. The number of carbonyl (C=O) groups is 1. The van der Waals surface area contributed by atoms with E-state index in [1.807, 2.05) is 0 Å². The predicted molar refractivity (Wildman–Crippen MR) is 89.0 cm³/mol. The van der Waals surface area contributed by atoms with E-state index in [4.69, 9.17) is 26.3 Å². The first-order chi connectivity index (χ1) is 11.5. The number of nitrogens with zero attached hydrogens (tertiary/aromatic N) is 1. The molecule has 0 amide bonds. The van der Waals surface area contributed by atoms with Crippen LogP contribution < -0.4 is 9.47 Å². The molecule has 4 bridgehead atoms. The number of esters is 1. The number of nitriles is 1. The molecule has 5 rings (SSSR count). The Labute approximate surface area is 146 Å². The highest BCUT2D eigenvalue weighted by molar-refractivity contribution is 6.24. The lowest BCUT2D eigenvalue weighted by Crippen LogP contribution is -2.56. The summed E-state index contributed by atoms with van der Waals surface area (Å²) in [6.45, 7) is 0. The monoisotopic (exact) mass is 345 g/mol.